The summed E-state index contributed by atoms with van der Waals surface area (Å²) in [7, 11) is 2.04. The first-order valence-corrected chi connectivity index (χ1v) is 7.00. The van der Waals surface area contributed by atoms with Crippen molar-refractivity contribution in [3.8, 4) is 0 Å². The Balaban J connectivity index is 1.57. The molecule has 1 saturated carbocycles. The maximum Gasteiger partial charge on any atom is 0.240 e. The zero-order valence-electron chi connectivity index (χ0n) is 10.6. The molecule has 0 bridgehead atoms. The zero-order chi connectivity index (χ0) is 12.5. The molecule has 96 valence electrons. The molecule has 0 aliphatic heterocycles. The minimum Gasteiger partial charge on any atom is -0.338 e. The third-order valence-corrected chi connectivity index (χ3v) is 3.75. The minimum atomic E-state index is 0.550. The molecular weight excluding hydrogens is 248 g/mol. The lowest BCUT2D eigenvalue weighted by molar-refractivity contribution is 0.258. The SMILES string of the molecule is Cc1nc(CN(C)Cc2nc(C3CC3)no2)cs1. The normalized spacial score (nSPS) is 15.5. The molecule has 1 aliphatic rings. The Labute approximate surface area is 110 Å². The van der Waals surface area contributed by atoms with Crippen molar-refractivity contribution in [2.75, 3.05) is 7.05 Å². The number of aromatic nitrogens is 3. The maximum atomic E-state index is 5.26. The third kappa shape index (κ3) is 2.76. The van der Waals surface area contributed by atoms with Gasteiger partial charge >= 0.3 is 0 Å². The van der Waals surface area contributed by atoms with E-state index in [9.17, 15) is 0 Å². The Morgan fingerprint density at radius 2 is 2.22 bits per heavy atom. The second-order valence-corrected chi connectivity index (χ2v) is 5.91. The summed E-state index contributed by atoms with van der Waals surface area (Å²) in [6, 6.07) is 0. The number of rotatable bonds is 5. The van der Waals surface area contributed by atoms with Gasteiger partial charge in [-0.15, -0.1) is 11.3 Å². The maximum absolute atomic E-state index is 5.26. The molecule has 0 saturated heterocycles. The molecule has 2 aromatic rings. The van der Waals surface area contributed by atoms with Gasteiger partial charge in [0.15, 0.2) is 5.82 Å². The molecule has 0 N–H and O–H groups in total. The van der Waals surface area contributed by atoms with Crippen molar-refractivity contribution in [3.63, 3.8) is 0 Å². The average molecular weight is 264 g/mol. The van der Waals surface area contributed by atoms with Crippen molar-refractivity contribution in [1.29, 1.82) is 0 Å². The number of hydrogen-bond donors (Lipinski definition) is 0. The largest absolute Gasteiger partial charge is 0.338 e. The Morgan fingerprint density at radius 3 is 2.89 bits per heavy atom. The molecule has 0 unspecified atom stereocenters. The highest BCUT2D eigenvalue weighted by molar-refractivity contribution is 7.09. The predicted octanol–water partition coefficient (Wildman–Crippen LogP) is 2.34. The van der Waals surface area contributed by atoms with Crippen LogP contribution in [-0.2, 0) is 13.1 Å². The van der Waals surface area contributed by atoms with E-state index in [1.807, 2.05) is 14.0 Å². The highest BCUT2D eigenvalue weighted by Gasteiger charge is 2.28. The van der Waals surface area contributed by atoms with Gasteiger partial charge in [0.25, 0.3) is 0 Å². The van der Waals surface area contributed by atoms with Crippen molar-refractivity contribution in [2.24, 2.45) is 0 Å². The molecule has 0 amide bonds. The lowest BCUT2D eigenvalue weighted by atomic mass is 10.4. The molecule has 6 heteroatoms. The smallest absolute Gasteiger partial charge is 0.240 e. The van der Waals surface area contributed by atoms with Crippen LogP contribution in [0.5, 0.6) is 0 Å². The van der Waals surface area contributed by atoms with Crippen molar-refractivity contribution in [1.82, 2.24) is 20.0 Å². The van der Waals surface area contributed by atoms with E-state index in [1.54, 1.807) is 11.3 Å². The van der Waals surface area contributed by atoms with E-state index in [4.69, 9.17) is 4.52 Å². The minimum absolute atomic E-state index is 0.550. The van der Waals surface area contributed by atoms with Crippen molar-refractivity contribution in [3.05, 3.63) is 27.8 Å². The highest BCUT2D eigenvalue weighted by Crippen LogP contribution is 2.38. The summed E-state index contributed by atoms with van der Waals surface area (Å²) in [5, 5.41) is 7.21. The summed E-state index contributed by atoms with van der Waals surface area (Å²) in [5.74, 6) is 2.13. The summed E-state index contributed by atoms with van der Waals surface area (Å²) < 4.78 is 5.26. The van der Waals surface area contributed by atoms with Crippen molar-refractivity contribution in [2.45, 2.75) is 38.8 Å². The summed E-state index contributed by atoms with van der Waals surface area (Å²) in [4.78, 5) is 11.0. The van der Waals surface area contributed by atoms with E-state index >= 15 is 0 Å². The van der Waals surface area contributed by atoms with Gasteiger partial charge in [-0.1, -0.05) is 5.16 Å². The van der Waals surface area contributed by atoms with Crippen molar-refractivity contribution >= 4 is 11.3 Å². The molecule has 0 atom stereocenters. The van der Waals surface area contributed by atoms with Crippen LogP contribution in [0.25, 0.3) is 0 Å². The van der Waals surface area contributed by atoms with Gasteiger partial charge in [-0.05, 0) is 26.8 Å². The van der Waals surface area contributed by atoms with Gasteiger partial charge in [-0.2, -0.15) is 4.98 Å². The number of thiazole rings is 1. The number of aryl methyl sites for hydroxylation is 1. The quantitative estimate of drug-likeness (QED) is 0.829. The Morgan fingerprint density at radius 1 is 1.39 bits per heavy atom. The molecule has 2 heterocycles. The van der Waals surface area contributed by atoms with Crippen molar-refractivity contribution < 1.29 is 4.52 Å². The van der Waals surface area contributed by atoms with E-state index < -0.39 is 0 Å². The second kappa shape index (κ2) is 4.78. The first-order chi connectivity index (χ1) is 8.70. The molecular formula is C12H16N4OS. The van der Waals surface area contributed by atoms with Crippen LogP contribution < -0.4 is 0 Å². The summed E-state index contributed by atoms with van der Waals surface area (Å²) >= 11 is 1.68. The number of hydrogen-bond acceptors (Lipinski definition) is 6. The Kier molecular flexibility index (Phi) is 3.13. The monoisotopic (exact) mass is 264 g/mol. The molecule has 5 nitrogen and oxygen atoms in total. The van der Waals surface area contributed by atoms with Crippen LogP contribution in [0.2, 0.25) is 0 Å². The fraction of sp³-hybridized carbons (Fsp3) is 0.583. The van der Waals surface area contributed by atoms with E-state index in [0.29, 0.717) is 18.4 Å². The zero-order valence-corrected chi connectivity index (χ0v) is 11.4. The van der Waals surface area contributed by atoms with Gasteiger partial charge in [-0.25, -0.2) is 4.98 Å². The van der Waals surface area contributed by atoms with Crippen LogP contribution >= 0.6 is 11.3 Å². The average Bonchev–Trinajstić information content (AvgIpc) is 2.95. The van der Waals surface area contributed by atoms with Crippen LogP contribution in [-0.4, -0.2) is 27.1 Å². The molecule has 1 fully saturated rings. The standard InChI is InChI=1S/C12H16N4OS/c1-8-13-10(7-18-8)5-16(2)6-11-14-12(15-17-11)9-3-4-9/h7,9H,3-6H2,1-2H3. The highest BCUT2D eigenvalue weighted by atomic mass is 32.1. The van der Waals surface area contributed by atoms with Gasteiger partial charge in [-0.3, -0.25) is 4.90 Å². The van der Waals surface area contributed by atoms with E-state index in [-0.39, 0.29) is 0 Å². The third-order valence-electron chi connectivity index (χ3n) is 2.93. The van der Waals surface area contributed by atoms with Crippen LogP contribution in [0.1, 0.15) is 41.2 Å². The first kappa shape index (κ1) is 11.8. The first-order valence-electron chi connectivity index (χ1n) is 6.13. The predicted molar refractivity (Wildman–Crippen MR) is 68.3 cm³/mol. The molecule has 1 aliphatic carbocycles. The van der Waals surface area contributed by atoms with Gasteiger partial charge in [0, 0.05) is 17.8 Å². The van der Waals surface area contributed by atoms with Crippen LogP contribution in [0, 0.1) is 6.92 Å². The summed E-state index contributed by atoms with van der Waals surface area (Å²) in [5.41, 5.74) is 1.10. The van der Waals surface area contributed by atoms with E-state index in [1.165, 1.54) is 12.8 Å². The van der Waals surface area contributed by atoms with Gasteiger partial charge < -0.3 is 4.52 Å². The van der Waals surface area contributed by atoms with Crippen LogP contribution in [0.4, 0.5) is 0 Å². The van der Waals surface area contributed by atoms with Gasteiger partial charge in [0.1, 0.15) is 0 Å². The topological polar surface area (TPSA) is 55.1 Å². The molecule has 0 aromatic carbocycles. The lowest BCUT2D eigenvalue weighted by Gasteiger charge is -2.11. The fourth-order valence-corrected chi connectivity index (χ4v) is 2.49. The second-order valence-electron chi connectivity index (χ2n) is 4.85. The van der Waals surface area contributed by atoms with E-state index in [0.717, 1.165) is 23.1 Å². The van der Waals surface area contributed by atoms with E-state index in [2.05, 4.69) is 25.4 Å². The van der Waals surface area contributed by atoms with Crippen LogP contribution in [0.15, 0.2) is 9.90 Å². The molecule has 0 radical (unpaired) electrons. The molecule has 18 heavy (non-hydrogen) atoms. The number of nitrogens with zero attached hydrogens (tertiary/aromatic N) is 4. The lowest BCUT2D eigenvalue weighted by Crippen LogP contribution is -2.17. The fourth-order valence-electron chi connectivity index (χ4n) is 1.88. The molecule has 2 aromatic heterocycles. The Bertz CT molecular complexity index is 532. The Hall–Kier alpha value is -1.27. The van der Waals surface area contributed by atoms with Gasteiger partial charge in [0.05, 0.1) is 17.2 Å². The molecule has 0 spiro atoms. The molecule has 3 rings (SSSR count). The summed E-state index contributed by atoms with van der Waals surface area (Å²) in [6.07, 6.45) is 2.40. The van der Waals surface area contributed by atoms with Crippen LogP contribution in [0.3, 0.4) is 0 Å². The summed E-state index contributed by atoms with van der Waals surface area (Å²) in [6.45, 7) is 3.51. The van der Waals surface area contributed by atoms with Gasteiger partial charge in [0.2, 0.25) is 5.89 Å².